The molecule has 2 amide bonds. The average Bonchev–Trinajstić information content (AvgIpc) is 2.93. The van der Waals surface area contributed by atoms with Gasteiger partial charge in [-0.1, -0.05) is 29.4 Å². The van der Waals surface area contributed by atoms with Crippen LogP contribution in [0.2, 0.25) is 5.02 Å². The molecule has 2 aromatic rings. The van der Waals surface area contributed by atoms with Gasteiger partial charge in [0.15, 0.2) is 5.17 Å². The number of carbonyl (C=O) groups is 3. The summed E-state index contributed by atoms with van der Waals surface area (Å²) in [5, 5.41) is 12.1. The number of rotatable bonds is 5. The monoisotopic (exact) mass is 431 g/mol. The Morgan fingerprint density at radius 2 is 1.93 bits per heavy atom. The minimum Gasteiger partial charge on any atom is -0.478 e. The number of amides is 2. The summed E-state index contributed by atoms with van der Waals surface area (Å²) < 4.78 is 0. The van der Waals surface area contributed by atoms with Crippen molar-refractivity contribution in [1.29, 1.82) is 0 Å². The van der Waals surface area contributed by atoms with E-state index >= 15 is 0 Å². The van der Waals surface area contributed by atoms with Gasteiger partial charge in [-0.05, 0) is 48.9 Å². The van der Waals surface area contributed by atoms with Gasteiger partial charge in [0.25, 0.3) is 0 Å². The molecule has 29 heavy (non-hydrogen) atoms. The number of thioether (sulfide) groups is 1. The fourth-order valence-corrected chi connectivity index (χ4v) is 4.01. The fraction of sp³-hybridized carbons (Fsp3) is 0.200. The summed E-state index contributed by atoms with van der Waals surface area (Å²) in [4.78, 5) is 41.7. The zero-order valence-corrected chi connectivity index (χ0v) is 17.3. The van der Waals surface area contributed by atoms with E-state index in [1.54, 1.807) is 19.2 Å². The summed E-state index contributed by atoms with van der Waals surface area (Å²) in [6.45, 7) is 1.85. The third-order valence-corrected chi connectivity index (χ3v) is 6.02. The van der Waals surface area contributed by atoms with Crippen molar-refractivity contribution in [2.45, 2.75) is 18.6 Å². The number of aliphatic imine (C=N–C) groups is 1. The molecule has 0 aliphatic carbocycles. The number of nitrogens with zero attached hydrogens (tertiary/aromatic N) is 2. The molecule has 1 fully saturated rings. The van der Waals surface area contributed by atoms with Crippen LogP contribution in [0.3, 0.4) is 0 Å². The number of hydrogen-bond donors (Lipinski definition) is 2. The maximum Gasteiger partial charge on any atom is 0.335 e. The number of carboxylic acids is 1. The maximum absolute atomic E-state index is 12.5. The second kappa shape index (κ2) is 8.67. The second-order valence-corrected chi connectivity index (χ2v) is 7.99. The molecule has 0 unspecified atom stereocenters. The molecular formula is C20H18ClN3O4S. The summed E-state index contributed by atoms with van der Waals surface area (Å²) in [7, 11) is 1.62. The summed E-state index contributed by atoms with van der Waals surface area (Å²) in [6.07, 6.45) is -0.0257. The Hall–Kier alpha value is -2.84. The molecule has 1 heterocycles. The highest BCUT2D eigenvalue weighted by molar-refractivity contribution is 8.15. The smallest absolute Gasteiger partial charge is 0.335 e. The van der Waals surface area contributed by atoms with Crippen LogP contribution in [0, 0.1) is 6.92 Å². The van der Waals surface area contributed by atoms with Crippen molar-refractivity contribution in [2.24, 2.45) is 4.99 Å². The Labute approximate surface area is 176 Å². The first-order chi connectivity index (χ1) is 13.8. The zero-order chi connectivity index (χ0) is 21.1. The number of carboxylic acid groups (broad SMARTS) is 1. The molecule has 0 radical (unpaired) electrons. The third-order valence-electron chi connectivity index (χ3n) is 4.38. The fourth-order valence-electron chi connectivity index (χ4n) is 2.69. The Morgan fingerprint density at radius 3 is 2.59 bits per heavy atom. The number of carbonyl (C=O) groups excluding carboxylic acids is 2. The standard InChI is InChI=1S/C20H18ClN3O4S/c1-11-14(21)4-3-5-15(11)23-20-24(2)18(26)16(29-20)10-17(25)22-13-8-6-12(7-9-13)19(27)28/h3-9,16H,10H2,1-2H3,(H,22,25)(H,27,28)/t16-/m1/s1. The van der Waals surface area contributed by atoms with Crippen LogP contribution in [-0.2, 0) is 9.59 Å². The lowest BCUT2D eigenvalue weighted by Gasteiger charge is -2.10. The highest BCUT2D eigenvalue weighted by Gasteiger charge is 2.37. The first kappa shape index (κ1) is 20.9. The molecule has 2 N–H and O–H groups in total. The number of aromatic carboxylic acids is 1. The number of hydrogen-bond acceptors (Lipinski definition) is 5. The van der Waals surface area contributed by atoms with E-state index in [2.05, 4.69) is 10.3 Å². The predicted octanol–water partition coefficient (Wildman–Crippen LogP) is 3.94. The van der Waals surface area contributed by atoms with E-state index in [-0.39, 0.29) is 23.8 Å². The van der Waals surface area contributed by atoms with E-state index in [1.807, 2.05) is 13.0 Å². The molecule has 7 nitrogen and oxygen atoms in total. The summed E-state index contributed by atoms with van der Waals surface area (Å²) >= 11 is 7.35. The van der Waals surface area contributed by atoms with Crippen molar-refractivity contribution in [3.05, 3.63) is 58.6 Å². The summed E-state index contributed by atoms with van der Waals surface area (Å²) in [6, 6.07) is 11.2. The van der Waals surface area contributed by atoms with E-state index < -0.39 is 11.2 Å². The van der Waals surface area contributed by atoms with Gasteiger partial charge in [-0.25, -0.2) is 9.79 Å². The molecule has 0 bridgehead atoms. The van der Waals surface area contributed by atoms with Crippen molar-refractivity contribution in [1.82, 2.24) is 4.90 Å². The van der Waals surface area contributed by atoms with Crippen LogP contribution in [0.4, 0.5) is 11.4 Å². The molecule has 9 heteroatoms. The number of anilines is 1. The Kier molecular flexibility index (Phi) is 6.24. The maximum atomic E-state index is 12.5. The lowest BCUT2D eigenvalue weighted by molar-refractivity contribution is -0.127. The van der Waals surface area contributed by atoms with Crippen LogP contribution in [0.1, 0.15) is 22.3 Å². The van der Waals surface area contributed by atoms with Gasteiger partial charge >= 0.3 is 5.97 Å². The summed E-state index contributed by atoms with van der Waals surface area (Å²) in [5.41, 5.74) is 2.08. The van der Waals surface area contributed by atoms with E-state index in [9.17, 15) is 14.4 Å². The minimum atomic E-state index is -1.04. The Bertz CT molecular complexity index is 1010. The van der Waals surface area contributed by atoms with Crippen molar-refractivity contribution in [3.63, 3.8) is 0 Å². The molecule has 2 aromatic carbocycles. The molecule has 1 saturated heterocycles. The van der Waals surface area contributed by atoms with E-state index in [1.165, 1.54) is 40.9 Å². The van der Waals surface area contributed by atoms with Crippen LogP contribution < -0.4 is 5.32 Å². The number of halogens is 1. The average molecular weight is 432 g/mol. The molecule has 1 aliphatic heterocycles. The van der Waals surface area contributed by atoms with E-state index in [0.29, 0.717) is 21.6 Å². The number of nitrogens with one attached hydrogen (secondary N) is 1. The SMILES string of the molecule is Cc1c(Cl)cccc1N=C1S[C@H](CC(=O)Nc2ccc(C(=O)O)cc2)C(=O)N1C. The number of benzene rings is 2. The van der Waals surface area contributed by atoms with Gasteiger partial charge in [0.1, 0.15) is 5.25 Å². The first-order valence-electron chi connectivity index (χ1n) is 8.67. The quantitative estimate of drug-likeness (QED) is 0.747. The van der Waals surface area contributed by atoms with Crippen molar-refractivity contribution in [2.75, 3.05) is 12.4 Å². The lowest BCUT2D eigenvalue weighted by Crippen LogP contribution is -2.30. The first-order valence-corrected chi connectivity index (χ1v) is 9.93. The highest BCUT2D eigenvalue weighted by Crippen LogP contribution is 2.33. The van der Waals surface area contributed by atoms with Crippen molar-refractivity contribution >= 4 is 57.7 Å². The third kappa shape index (κ3) is 4.78. The van der Waals surface area contributed by atoms with Gasteiger partial charge in [0.2, 0.25) is 11.8 Å². The van der Waals surface area contributed by atoms with Crippen molar-refractivity contribution in [3.8, 4) is 0 Å². The van der Waals surface area contributed by atoms with Gasteiger partial charge in [-0.2, -0.15) is 0 Å². The predicted molar refractivity (Wildman–Crippen MR) is 114 cm³/mol. The van der Waals surface area contributed by atoms with Gasteiger partial charge in [-0.3, -0.25) is 14.5 Å². The van der Waals surface area contributed by atoms with Gasteiger partial charge < -0.3 is 10.4 Å². The molecule has 0 aromatic heterocycles. The van der Waals surface area contributed by atoms with Crippen LogP contribution in [-0.4, -0.2) is 45.3 Å². The van der Waals surface area contributed by atoms with Crippen LogP contribution in [0.25, 0.3) is 0 Å². The topological polar surface area (TPSA) is 99.1 Å². The largest absolute Gasteiger partial charge is 0.478 e. The van der Waals surface area contributed by atoms with Crippen LogP contribution in [0.15, 0.2) is 47.5 Å². The Balaban J connectivity index is 1.67. The van der Waals surface area contributed by atoms with Crippen LogP contribution >= 0.6 is 23.4 Å². The normalized spacial score (nSPS) is 17.6. The Morgan fingerprint density at radius 1 is 1.24 bits per heavy atom. The minimum absolute atomic E-state index is 0.0257. The molecule has 0 saturated carbocycles. The number of amidine groups is 1. The summed E-state index contributed by atoms with van der Waals surface area (Å²) in [5.74, 6) is -1.59. The lowest BCUT2D eigenvalue weighted by atomic mass is 10.2. The zero-order valence-electron chi connectivity index (χ0n) is 15.7. The van der Waals surface area contributed by atoms with Crippen molar-refractivity contribution < 1.29 is 19.5 Å². The van der Waals surface area contributed by atoms with E-state index in [4.69, 9.17) is 16.7 Å². The molecule has 3 rings (SSSR count). The molecule has 1 aliphatic rings. The second-order valence-electron chi connectivity index (χ2n) is 6.42. The molecular weight excluding hydrogens is 414 g/mol. The van der Waals surface area contributed by atoms with Crippen LogP contribution in [0.5, 0.6) is 0 Å². The van der Waals surface area contributed by atoms with Gasteiger partial charge in [-0.15, -0.1) is 0 Å². The molecule has 0 spiro atoms. The highest BCUT2D eigenvalue weighted by atomic mass is 35.5. The van der Waals surface area contributed by atoms with Gasteiger partial charge in [0.05, 0.1) is 11.3 Å². The van der Waals surface area contributed by atoms with E-state index in [0.717, 1.165) is 5.56 Å². The molecule has 150 valence electrons. The van der Waals surface area contributed by atoms with Gasteiger partial charge in [0, 0.05) is 24.2 Å². The molecule has 1 atom stereocenters.